The number of rotatable bonds is 4. The van der Waals surface area contributed by atoms with Crippen LogP contribution in [0.2, 0.25) is 0 Å². The molecule has 8 heteroatoms. The third-order valence-corrected chi connectivity index (χ3v) is 4.70. The van der Waals surface area contributed by atoms with E-state index in [9.17, 15) is 9.59 Å². The summed E-state index contributed by atoms with van der Waals surface area (Å²) in [6.07, 6.45) is 1.12. The summed E-state index contributed by atoms with van der Waals surface area (Å²) >= 11 is 0. The van der Waals surface area contributed by atoms with Gasteiger partial charge in [0.05, 0.1) is 6.54 Å². The molecule has 0 aliphatic carbocycles. The van der Waals surface area contributed by atoms with Gasteiger partial charge in [-0.3, -0.25) is 4.79 Å². The van der Waals surface area contributed by atoms with Crippen LogP contribution < -0.4 is 15.1 Å². The highest BCUT2D eigenvalue weighted by Gasteiger charge is 2.28. The Balaban J connectivity index is 1.56. The second-order valence-corrected chi connectivity index (χ2v) is 7.03. The Morgan fingerprint density at radius 2 is 2.03 bits per heavy atom. The van der Waals surface area contributed by atoms with Crippen molar-refractivity contribution in [1.29, 1.82) is 0 Å². The van der Waals surface area contributed by atoms with Gasteiger partial charge in [0.1, 0.15) is 18.0 Å². The highest BCUT2D eigenvalue weighted by molar-refractivity contribution is 5.94. The standard InChI is InChI=1S/C21H21N3O5/c1-12-8-16(17-11-27-14-6-4-5-7-15(14)28-17)29-21(26)19(12)20(25)24(3)10-18-22-9-13(2)23-18/h4-9,17H,10-11H2,1-3H3,(H,22,23). The number of para-hydroxylation sites is 2. The van der Waals surface area contributed by atoms with E-state index in [0.29, 0.717) is 28.6 Å². The first-order valence-corrected chi connectivity index (χ1v) is 9.21. The third-order valence-electron chi connectivity index (χ3n) is 4.70. The number of aryl methyl sites for hydroxylation is 2. The van der Waals surface area contributed by atoms with Crippen molar-refractivity contribution in [3.63, 3.8) is 0 Å². The van der Waals surface area contributed by atoms with E-state index in [-0.39, 0.29) is 18.7 Å². The quantitative estimate of drug-likeness (QED) is 0.730. The van der Waals surface area contributed by atoms with Crippen molar-refractivity contribution in [1.82, 2.24) is 14.9 Å². The minimum atomic E-state index is -0.699. The van der Waals surface area contributed by atoms with E-state index < -0.39 is 17.6 Å². The number of carbonyl (C=O) groups is 1. The molecule has 0 saturated heterocycles. The molecule has 2 aromatic heterocycles. The average molecular weight is 395 g/mol. The lowest BCUT2D eigenvalue weighted by Crippen LogP contribution is -2.32. The van der Waals surface area contributed by atoms with Crippen molar-refractivity contribution in [3.05, 3.63) is 75.4 Å². The van der Waals surface area contributed by atoms with Gasteiger partial charge in [0.15, 0.2) is 23.4 Å². The minimum Gasteiger partial charge on any atom is -0.485 e. The molecule has 1 N–H and O–H groups in total. The van der Waals surface area contributed by atoms with E-state index in [0.717, 1.165) is 5.69 Å². The zero-order chi connectivity index (χ0) is 20.5. The third kappa shape index (κ3) is 3.73. The minimum absolute atomic E-state index is 0.00310. The highest BCUT2D eigenvalue weighted by Crippen LogP contribution is 2.35. The van der Waals surface area contributed by atoms with Crippen LogP contribution in [0, 0.1) is 13.8 Å². The van der Waals surface area contributed by atoms with Crippen molar-refractivity contribution in [2.24, 2.45) is 0 Å². The lowest BCUT2D eigenvalue weighted by molar-refractivity contribution is 0.0707. The predicted octanol–water partition coefficient (Wildman–Crippen LogP) is 2.76. The summed E-state index contributed by atoms with van der Waals surface area (Å²) in [6.45, 7) is 4.05. The number of hydrogen-bond donors (Lipinski definition) is 1. The van der Waals surface area contributed by atoms with Gasteiger partial charge in [-0.2, -0.15) is 0 Å². The van der Waals surface area contributed by atoms with Gasteiger partial charge in [0, 0.05) is 18.9 Å². The van der Waals surface area contributed by atoms with Crippen molar-refractivity contribution < 1.29 is 18.7 Å². The second kappa shape index (κ2) is 7.46. The molecule has 1 atom stereocenters. The van der Waals surface area contributed by atoms with E-state index in [4.69, 9.17) is 13.9 Å². The lowest BCUT2D eigenvalue weighted by Gasteiger charge is -2.26. The number of amides is 1. The summed E-state index contributed by atoms with van der Waals surface area (Å²) in [5, 5.41) is 0. The number of aromatic nitrogens is 2. The maximum absolute atomic E-state index is 12.8. The van der Waals surface area contributed by atoms with Crippen LogP contribution in [-0.4, -0.2) is 34.4 Å². The molecular formula is C21H21N3O5. The number of hydrogen-bond acceptors (Lipinski definition) is 6. The molecule has 1 aromatic carbocycles. The first-order chi connectivity index (χ1) is 13.9. The van der Waals surface area contributed by atoms with Crippen molar-refractivity contribution in [2.75, 3.05) is 13.7 Å². The smallest absolute Gasteiger partial charge is 0.349 e. The van der Waals surface area contributed by atoms with E-state index >= 15 is 0 Å². The SMILES string of the molecule is Cc1cnc(CN(C)C(=O)c2c(C)cc(C3COc4ccccc4O3)oc2=O)[nH]1. The number of fused-ring (bicyclic) bond motifs is 1. The maximum Gasteiger partial charge on any atom is 0.349 e. The van der Waals surface area contributed by atoms with Crippen LogP contribution in [-0.2, 0) is 6.54 Å². The van der Waals surface area contributed by atoms with Gasteiger partial charge < -0.3 is 23.8 Å². The summed E-state index contributed by atoms with van der Waals surface area (Å²) in [5.74, 6) is 1.76. The van der Waals surface area contributed by atoms with Crippen molar-refractivity contribution in [2.45, 2.75) is 26.5 Å². The van der Waals surface area contributed by atoms with Crippen LogP contribution in [0.1, 0.15) is 39.3 Å². The molecule has 8 nitrogen and oxygen atoms in total. The predicted molar refractivity (Wildman–Crippen MR) is 104 cm³/mol. The molecule has 1 unspecified atom stereocenters. The van der Waals surface area contributed by atoms with Crippen molar-refractivity contribution in [3.8, 4) is 11.5 Å². The number of benzene rings is 1. The molecule has 1 amide bonds. The number of ether oxygens (including phenoxy) is 2. The molecule has 29 heavy (non-hydrogen) atoms. The fraction of sp³-hybridized carbons (Fsp3) is 0.286. The molecule has 0 fully saturated rings. The maximum atomic E-state index is 12.8. The Morgan fingerprint density at radius 1 is 1.28 bits per heavy atom. The molecule has 3 aromatic rings. The first-order valence-electron chi connectivity index (χ1n) is 9.21. The number of nitrogens with zero attached hydrogens (tertiary/aromatic N) is 2. The van der Waals surface area contributed by atoms with Crippen LogP contribution in [0.3, 0.4) is 0 Å². The van der Waals surface area contributed by atoms with Crippen LogP contribution in [0.25, 0.3) is 0 Å². The molecule has 1 aliphatic heterocycles. The van der Waals surface area contributed by atoms with E-state index in [2.05, 4.69) is 9.97 Å². The summed E-state index contributed by atoms with van der Waals surface area (Å²) < 4.78 is 17.0. The highest BCUT2D eigenvalue weighted by atomic mass is 16.6. The largest absolute Gasteiger partial charge is 0.485 e. The van der Waals surface area contributed by atoms with Crippen LogP contribution >= 0.6 is 0 Å². The second-order valence-electron chi connectivity index (χ2n) is 7.03. The average Bonchev–Trinajstić information content (AvgIpc) is 3.11. The molecule has 0 spiro atoms. The van der Waals surface area contributed by atoms with Crippen LogP contribution in [0.5, 0.6) is 11.5 Å². The van der Waals surface area contributed by atoms with Gasteiger partial charge in [-0.1, -0.05) is 12.1 Å². The first kappa shape index (κ1) is 18.8. The Kier molecular flexibility index (Phi) is 4.84. The van der Waals surface area contributed by atoms with Gasteiger partial charge in [-0.05, 0) is 37.6 Å². The zero-order valence-electron chi connectivity index (χ0n) is 16.4. The molecule has 3 heterocycles. The Hall–Kier alpha value is -3.55. The van der Waals surface area contributed by atoms with Gasteiger partial charge in [-0.15, -0.1) is 0 Å². The molecule has 150 valence electrons. The van der Waals surface area contributed by atoms with Crippen molar-refractivity contribution >= 4 is 5.91 Å². The number of aromatic amines is 1. The van der Waals surface area contributed by atoms with Gasteiger partial charge in [0.2, 0.25) is 0 Å². The van der Waals surface area contributed by atoms with Crippen LogP contribution in [0.15, 0.2) is 45.7 Å². The lowest BCUT2D eigenvalue weighted by atomic mass is 10.1. The fourth-order valence-corrected chi connectivity index (χ4v) is 3.24. The molecule has 4 rings (SSSR count). The summed E-state index contributed by atoms with van der Waals surface area (Å²) in [4.78, 5) is 34.1. The normalized spacial score (nSPS) is 15.2. The number of H-pyrrole nitrogens is 1. The summed E-state index contributed by atoms with van der Waals surface area (Å²) in [7, 11) is 1.61. The number of imidazole rings is 1. The number of nitrogens with one attached hydrogen (secondary N) is 1. The molecule has 1 aliphatic rings. The van der Waals surface area contributed by atoms with Crippen LogP contribution in [0.4, 0.5) is 0 Å². The Morgan fingerprint density at radius 3 is 2.72 bits per heavy atom. The van der Waals surface area contributed by atoms with Gasteiger partial charge in [-0.25, -0.2) is 9.78 Å². The van der Waals surface area contributed by atoms with Gasteiger partial charge in [0.25, 0.3) is 5.91 Å². The van der Waals surface area contributed by atoms with Gasteiger partial charge >= 0.3 is 5.63 Å². The monoisotopic (exact) mass is 395 g/mol. The Bertz CT molecular complexity index is 1120. The number of carbonyl (C=O) groups excluding carboxylic acids is 1. The molecule has 0 saturated carbocycles. The van der Waals surface area contributed by atoms with E-state index in [1.54, 1.807) is 32.3 Å². The topological polar surface area (TPSA) is 97.7 Å². The summed E-state index contributed by atoms with van der Waals surface area (Å²) in [6, 6.07) is 8.94. The Labute approximate surface area is 167 Å². The zero-order valence-corrected chi connectivity index (χ0v) is 16.4. The van der Waals surface area contributed by atoms with E-state index in [1.165, 1.54) is 4.90 Å². The molecular weight excluding hydrogens is 374 g/mol. The fourth-order valence-electron chi connectivity index (χ4n) is 3.24. The molecule has 0 radical (unpaired) electrons. The summed E-state index contributed by atoms with van der Waals surface area (Å²) in [5.41, 5.74) is 0.718. The van der Waals surface area contributed by atoms with E-state index in [1.807, 2.05) is 25.1 Å². The molecule has 0 bridgehead atoms.